The van der Waals surface area contributed by atoms with Crippen LogP contribution in [0.3, 0.4) is 0 Å². The second kappa shape index (κ2) is 10.5. The third-order valence-corrected chi connectivity index (χ3v) is 5.61. The quantitative estimate of drug-likeness (QED) is 0.511. The lowest BCUT2D eigenvalue weighted by Crippen LogP contribution is -2.48. The van der Waals surface area contributed by atoms with Gasteiger partial charge < -0.3 is 15.1 Å². The van der Waals surface area contributed by atoms with Crippen LogP contribution < -0.4 is 5.32 Å². The average molecular weight is 473 g/mol. The van der Waals surface area contributed by atoms with E-state index in [1.165, 1.54) is 12.1 Å². The van der Waals surface area contributed by atoms with Gasteiger partial charge in [-0.1, -0.05) is 36.4 Å². The topological polar surface area (TPSA) is 35.6 Å². The van der Waals surface area contributed by atoms with E-state index < -0.39 is 30.4 Å². The Labute approximate surface area is 188 Å². The van der Waals surface area contributed by atoms with Gasteiger partial charge in [0.25, 0.3) is 0 Å². The lowest BCUT2D eigenvalue weighted by molar-refractivity contribution is -0.139. The number of carbonyl (C=O) groups excluding carboxylic acids is 1. The van der Waals surface area contributed by atoms with E-state index in [1.807, 2.05) is 30.3 Å². The van der Waals surface area contributed by atoms with Gasteiger partial charge in [0.1, 0.15) is 0 Å². The van der Waals surface area contributed by atoms with Crippen molar-refractivity contribution in [3.8, 4) is 0 Å². The van der Waals surface area contributed by atoms with Gasteiger partial charge in [0.2, 0.25) is 0 Å². The number of alkyl halides is 6. The number of carbonyl (C=O) groups is 1. The fourth-order valence-corrected chi connectivity index (χ4v) is 3.85. The predicted molar refractivity (Wildman–Crippen MR) is 113 cm³/mol. The third-order valence-electron chi connectivity index (χ3n) is 5.61. The van der Waals surface area contributed by atoms with E-state index in [1.54, 1.807) is 9.80 Å². The number of nitrogens with one attached hydrogen (secondary N) is 1. The zero-order valence-electron chi connectivity index (χ0n) is 17.8. The van der Waals surface area contributed by atoms with Gasteiger partial charge >= 0.3 is 18.4 Å². The number of likely N-dealkylation sites (tertiary alicyclic amines) is 1. The van der Waals surface area contributed by atoms with E-state index in [9.17, 15) is 31.1 Å². The van der Waals surface area contributed by atoms with Crippen molar-refractivity contribution in [1.82, 2.24) is 9.80 Å². The second-order valence-corrected chi connectivity index (χ2v) is 8.06. The maximum absolute atomic E-state index is 13.1. The molecule has 0 aliphatic carbocycles. The molecule has 0 bridgehead atoms. The molecule has 1 heterocycles. The molecule has 4 nitrogen and oxygen atoms in total. The minimum Gasteiger partial charge on any atom is -0.317 e. The first-order valence-electron chi connectivity index (χ1n) is 10.6. The highest BCUT2D eigenvalue weighted by molar-refractivity contribution is 5.89. The summed E-state index contributed by atoms with van der Waals surface area (Å²) in [6.07, 6.45) is -8.70. The third kappa shape index (κ3) is 7.66. The zero-order valence-corrected chi connectivity index (χ0v) is 17.8. The SMILES string of the molecule is O=C(Nc1cccc(C(F)(F)F)c1)N(Cc1ccccc1)C1CCN(CCC(F)(F)F)CC1. The Morgan fingerprint density at radius 1 is 0.970 bits per heavy atom. The van der Waals surface area contributed by atoms with Crippen LogP contribution in [0.15, 0.2) is 54.6 Å². The molecule has 1 saturated heterocycles. The summed E-state index contributed by atoms with van der Waals surface area (Å²) in [7, 11) is 0. The molecule has 180 valence electrons. The van der Waals surface area contributed by atoms with Crippen LogP contribution in [-0.2, 0) is 12.7 Å². The van der Waals surface area contributed by atoms with Gasteiger partial charge in [0.05, 0.1) is 12.0 Å². The Hall–Kier alpha value is -2.75. The molecule has 0 spiro atoms. The molecule has 33 heavy (non-hydrogen) atoms. The van der Waals surface area contributed by atoms with Crippen molar-refractivity contribution >= 4 is 11.7 Å². The van der Waals surface area contributed by atoms with Crippen LogP contribution in [0.2, 0.25) is 0 Å². The van der Waals surface area contributed by atoms with Gasteiger partial charge in [-0.15, -0.1) is 0 Å². The fraction of sp³-hybridized carbons (Fsp3) is 0.435. The molecular formula is C23H25F6N3O. The number of hydrogen-bond donors (Lipinski definition) is 1. The number of amides is 2. The molecule has 2 amide bonds. The Balaban J connectivity index is 1.70. The molecule has 0 atom stereocenters. The molecule has 10 heteroatoms. The number of halogens is 6. The summed E-state index contributed by atoms with van der Waals surface area (Å²) in [5.74, 6) is 0. The molecule has 0 aromatic heterocycles. The van der Waals surface area contributed by atoms with Crippen molar-refractivity contribution in [2.45, 2.75) is 44.2 Å². The fourth-order valence-electron chi connectivity index (χ4n) is 3.85. The highest BCUT2D eigenvalue weighted by atomic mass is 19.4. The van der Waals surface area contributed by atoms with E-state index in [2.05, 4.69) is 5.32 Å². The van der Waals surface area contributed by atoms with Gasteiger partial charge in [-0.3, -0.25) is 0 Å². The predicted octanol–water partition coefficient (Wildman–Crippen LogP) is 6.16. The monoisotopic (exact) mass is 473 g/mol. The van der Waals surface area contributed by atoms with Crippen molar-refractivity contribution in [1.29, 1.82) is 0 Å². The van der Waals surface area contributed by atoms with Crippen molar-refractivity contribution in [2.24, 2.45) is 0 Å². The van der Waals surface area contributed by atoms with Crippen LogP contribution in [0, 0.1) is 0 Å². The van der Waals surface area contributed by atoms with Crippen molar-refractivity contribution in [3.05, 3.63) is 65.7 Å². The van der Waals surface area contributed by atoms with Gasteiger partial charge in [-0.05, 0) is 36.6 Å². The van der Waals surface area contributed by atoms with Crippen molar-refractivity contribution in [2.75, 3.05) is 25.0 Å². The van der Waals surface area contributed by atoms with Crippen molar-refractivity contribution < 1.29 is 31.1 Å². The summed E-state index contributed by atoms with van der Waals surface area (Å²) in [6, 6.07) is 12.7. The summed E-state index contributed by atoms with van der Waals surface area (Å²) < 4.78 is 76.6. The molecule has 1 aliphatic heterocycles. The minimum atomic E-state index is -4.53. The Bertz CT molecular complexity index is 908. The maximum atomic E-state index is 13.1. The number of benzene rings is 2. The van der Waals surface area contributed by atoms with Crippen LogP contribution >= 0.6 is 0 Å². The molecule has 1 aliphatic rings. The van der Waals surface area contributed by atoms with Crippen LogP contribution in [0.4, 0.5) is 36.8 Å². The average Bonchev–Trinajstić information content (AvgIpc) is 2.76. The lowest BCUT2D eigenvalue weighted by Gasteiger charge is -2.38. The molecule has 0 unspecified atom stereocenters. The summed E-state index contributed by atoms with van der Waals surface area (Å²) in [6.45, 7) is 0.954. The Morgan fingerprint density at radius 2 is 1.64 bits per heavy atom. The van der Waals surface area contributed by atoms with Crippen LogP contribution in [0.1, 0.15) is 30.4 Å². The molecule has 2 aromatic rings. The van der Waals surface area contributed by atoms with Gasteiger partial charge in [0.15, 0.2) is 0 Å². The highest BCUT2D eigenvalue weighted by Gasteiger charge is 2.33. The number of piperidine rings is 1. The van der Waals surface area contributed by atoms with Gasteiger partial charge in [-0.25, -0.2) is 4.79 Å². The smallest absolute Gasteiger partial charge is 0.317 e. The molecule has 2 aromatic carbocycles. The van der Waals surface area contributed by atoms with E-state index >= 15 is 0 Å². The van der Waals surface area contributed by atoms with Crippen LogP contribution in [-0.4, -0.2) is 47.7 Å². The highest BCUT2D eigenvalue weighted by Crippen LogP contribution is 2.31. The van der Waals surface area contributed by atoms with E-state index in [-0.39, 0.29) is 24.8 Å². The number of urea groups is 1. The standard InChI is InChI=1S/C23H25F6N3O/c24-22(25,26)11-14-31-12-9-20(10-13-31)32(16-17-5-2-1-3-6-17)21(33)30-19-8-4-7-18(15-19)23(27,28)29/h1-8,15,20H,9-14,16H2,(H,30,33). The number of anilines is 1. The Kier molecular flexibility index (Phi) is 7.88. The Morgan fingerprint density at radius 3 is 2.24 bits per heavy atom. The van der Waals surface area contributed by atoms with E-state index in [0.29, 0.717) is 25.9 Å². The molecule has 0 radical (unpaired) electrons. The first kappa shape index (κ1) is 24.9. The summed E-state index contributed by atoms with van der Waals surface area (Å²) >= 11 is 0. The van der Waals surface area contributed by atoms with Gasteiger partial charge in [-0.2, -0.15) is 26.3 Å². The van der Waals surface area contributed by atoms with Gasteiger partial charge in [0, 0.05) is 37.9 Å². The second-order valence-electron chi connectivity index (χ2n) is 8.06. The van der Waals surface area contributed by atoms with Crippen LogP contribution in [0.5, 0.6) is 0 Å². The minimum absolute atomic E-state index is 0.0236. The van der Waals surface area contributed by atoms with Crippen molar-refractivity contribution in [3.63, 3.8) is 0 Å². The van der Waals surface area contributed by atoms with E-state index in [4.69, 9.17) is 0 Å². The van der Waals surface area contributed by atoms with Crippen LogP contribution in [0.25, 0.3) is 0 Å². The first-order chi connectivity index (χ1) is 15.5. The number of rotatable bonds is 6. The summed E-state index contributed by atoms with van der Waals surface area (Å²) in [5.41, 5.74) is -0.000393. The summed E-state index contributed by atoms with van der Waals surface area (Å²) in [5, 5.41) is 2.55. The zero-order chi connectivity index (χ0) is 24.1. The lowest BCUT2D eigenvalue weighted by atomic mass is 10.0. The maximum Gasteiger partial charge on any atom is 0.416 e. The molecule has 0 saturated carbocycles. The molecule has 1 fully saturated rings. The normalized spacial score (nSPS) is 15.9. The number of hydrogen-bond acceptors (Lipinski definition) is 2. The number of nitrogens with zero attached hydrogens (tertiary/aromatic N) is 2. The first-order valence-corrected chi connectivity index (χ1v) is 10.6. The largest absolute Gasteiger partial charge is 0.416 e. The molecular weight excluding hydrogens is 448 g/mol. The molecule has 1 N–H and O–H groups in total. The van der Waals surface area contributed by atoms with E-state index in [0.717, 1.165) is 17.7 Å². The summed E-state index contributed by atoms with van der Waals surface area (Å²) in [4.78, 5) is 16.4. The molecule has 3 rings (SSSR count).